The molecule has 1 saturated heterocycles. The molecular weight excluding hydrogens is 534 g/mol. The van der Waals surface area contributed by atoms with E-state index in [2.05, 4.69) is 25.7 Å². The number of nitrogens with two attached hydrogens (primary N) is 1. The number of unbranched alkanes of at least 4 members (excludes halogenated alkanes) is 1. The molecule has 42 heavy (non-hydrogen) atoms. The van der Waals surface area contributed by atoms with Crippen molar-refractivity contribution in [2.24, 2.45) is 11.7 Å². The van der Waals surface area contributed by atoms with Crippen LogP contribution in [0.3, 0.4) is 0 Å². The highest BCUT2D eigenvalue weighted by Gasteiger charge is 2.34. The van der Waals surface area contributed by atoms with Gasteiger partial charge < -0.3 is 25.4 Å². The predicted octanol–water partition coefficient (Wildman–Crippen LogP) is 4.23. The summed E-state index contributed by atoms with van der Waals surface area (Å²) in [4.78, 5) is 45.3. The number of anilines is 1. The molecule has 0 spiro atoms. The van der Waals surface area contributed by atoms with Crippen LogP contribution in [0.1, 0.15) is 98.1 Å². The second kappa shape index (κ2) is 11.7. The van der Waals surface area contributed by atoms with Gasteiger partial charge in [-0.3, -0.25) is 19.8 Å². The highest BCUT2D eigenvalue weighted by atomic mass is 16.5. The van der Waals surface area contributed by atoms with Crippen LogP contribution in [-0.2, 0) is 21.5 Å². The Labute approximate surface area is 246 Å². The monoisotopic (exact) mass is 575 g/mol. The van der Waals surface area contributed by atoms with Crippen molar-refractivity contribution < 1.29 is 24.2 Å². The number of rotatable bonds is 12. The van der Waals surface area contributed by atoms with Crippen molar-refractivity contribution in [3.05, 3.63) is 52.3 Å². The Kier molecular flexibility index (Phi) is 8.25. The number of nitrogens with zero attached hydrogens (tertiary/aromatic N) is 3. The number of fused-ring (bicyclic) bond motifs is 1. The van der Waals surface area contributed by atoms with E-state index in [4.69, 9.17) is 26.0 Å². The SMILES string of the molecule is CC(C)(C)c1cc(C(=O)CN2Cc3ccc(C4CC4)nc3C2=N)cc(N2CCC(C(N)=O)C2)c1OCCCCC(=O)O. The number of carbonyl (C=O) groups is 3. The van der Waals surface area contributed by atoms with Crippen molar-refractivity contribution >= 4 is 29.2 Å². The van der Waals surface area contributed by atoms with Gasteiger partial charge >= 0.3 is 5.97 Å². The van der Waals surface area contributed by atoms with Gasteiger partial charge in [-0.2, -0.15) is 0 Å². The topological polar surface area (TPSA) is 150 Å². The Balaban J connectivity index is 1.42. The fraction of sp³-hybridized carbons (Fsp3) is 0.531. The number of hydrogen-bond acceptors (Lipinski definition) is 7. The minimum atomic E-state index is -0.836. The number of carboxylic acids is 1. The van der Waals surface area contributed by atoms with Crippen LogP contribution >= 0.6 is 0 Å². The molecule has 2 aliphatic heterocycles. The van der Waals surface area contributed by atoms with E-state index >= 15 is 0 Å². The molecule has 2 fully saturated rings. The Morgan fingerprint density at radius 1 is 1.14 bits per heavy atom. The maximum atomic E-state index is 13.8. The predicted molar refractivity (Wildman–Crippen MR) is 159 cm³/mol. The Morgan fingerprint density at radius 2 is 1.90 bits per heavy atom. The number of benzene rings is 1. The number of amidine groups is 1. The molecule has 1 saturated carbocycles. The van der Waals surface area contributed by atoms with Crippen molar-refractivity contribution in [2.75, 3.05) is 31.1 Å². The first-order chi connectivity index (χ1) is 19.9. The third-order valence-electron chi connectivity index (χ3n) is 8.39. The van der Waals surface area contributed by atoms with Crippen LogP contribution in [0.2, 0.25) is 0 Å². The Bertz CT molecular complexity index is 1410. The van der Waals surface area contributed by atoms with Crippen LogP contribution in [-0.4, -0.2) is 64.7 Å². The van der Waals surface area contributed by atoms with Crippen LogP contribution in [0.15, 0.2) is 24.3 Å². The van der Waals surface area contributed by atoms with Crippen molar-refractivity contribution in [3.63, 3.8) is 0 Å². The van der Waals surface area contributed by atoms with Gasteiger partial charge in [0.05, 0.1) is 24.8 Å². The summed E-state index contributed by atoms with van der Waals surface area (Å²) in [6.45, 7) is 8.08. The number of ether oxygens (including phenoxy) is 1. The highest BCUT2D eigenvalue weighted by Crippen LogP contribution is 2.43. The highest BCUT2D eigenvalue weighted by molar-refractivity contribution is 6.05. The van der Waals surface area contributed by atoms with Crippen molar-refractivity contribution in [1.82, 2.24) is 9.88 Å². The summed E-state index contributed by atoms with van der Waals surface area (Å²) < 4.78 is 6.33. The number of primary amides is 1. The summed E-state index contributed by atoms with van der Waals surface area (Å²) in [6, 6.07) is 7.81. The average Bonchev–Trinajstić information content (AvgIpc) is 3.58. The van der Waals surface area contributed by atoms with E-state index in [0.29, 0.717) is 68.4 Å². The van der Waals surface area contributed by atoms with E-state index in [0.717, 1.165) is 35.3 Å². The van der Waals surface area contributed by atoms with Gasteiger partial charge in [0.2, 0.25) is 5.91 Å². The van der Waals surface area contributed by atoms with E-state index in [1.165, 1.54) is 0 Å². The molecule has 1 unspecified atom stereocenters. The fourth-order valence-electron chi connectivity index (χ4n) is 5.76. The average molecular weight is 576 g/mol. The van der Waals surface area contributed by atoms with Gasteiger partial charge in [-0.25, -0.2) is 4.98 Å². The number of Topliss-reactive ketones (excluding diaryl/α,β-unsaturated/α-hetero) is 1. The normalized spacial score (nSPS) is 18.4. The van der Waals surface area contributed by atoms with Gasteiger partial charge in [-0.15, -0.1) is 0 Å². The molecule has 10 heteroatoms. The van der Waals surface area contributed by atoms with Gasteiger partial charge in [0.1, 0.15) is 17.3 Å². The summed E-state index contributed by atoms with van der Waals surface area (Å²) in [5.41, 5.74) is 10.0. The summed E-state index contributed by atoms with van der Waals surface area (Å²) in [5.74, 6) is -0.160. The molecule has 0 bridgehead atoms. The van der Waals surface area contributed by atoms with Crippen LogP contribution in [0.25, 0.3) is 0 Å². The third kappa shape index (κ3) is 6.42. The minimum absolute atomic E-state index is 0.0519. The lowest BCUT2D eigenvalue weighted by molar-refractivity contribution is -0.137. The number of carboxylic acid groups (broad SMARTS) is 1. The van der Waals surface area contributed by atoms with E-state index in [1.54, 1.807) is 4.90 Å². The quantitative estimate of drug-likeness (QED) is 0.251. The maximum Gasteiger partial charge on any atom is 0.303 e. The number of carbonyl (C=O) groups excluding carboxylic acids is 2. The zero-order chi connectivity index (χ0) is 30.2. The second-order valence-corrected chi connectivity index (χ2v) is 12.8. The number of aromatic nitrogens is 1. The standard InChI is InChI=1S/C32H41N5O5/c1-32(2,3)23-14-22(26(38)18-37-16-20-9-10-24(19-7-8-19)35-28(20)30(37)33)15-25(36-12-11-21(17-36)31(34)41)29(23)42-13-5-4-6-27(39)40/h9-10,14-15,19,21,33H,4-8,11-13,16-18H2,1-3H3,(H2,34,41)(H,39,40). The van der Waals surface area contributed by atoms with Crippen molar-refractivity contribution in [3.8, 4) is 5.75 Å². The first-order valence-corrected chi connectivity index (χ1v) is 14.9. The minimum Gasteiger partial charge on any atom is -0.491 e. The van der Waals surface area contributed by atoms with Crippen molar-refractivity contribution in [2.45, 2.75) is 77.2 Å². The molecule has 1 aliphatic carbocycles. The number of aliphatic carboxylic acids is 1. The molecule has 1 aromatic heterocycles. The lowest BCUT2D eigenvalue weighted by Gasteiger charge is -2.30. The number of ketones is 1. The molecule has 10 nitrogen and oxygen atoms in total. The van der Waals surface area contributed by atoms with Gasteiger partial charge in [0.15, 0.2) is 5.78 Å². The van der Waals surface area contributed by atoms with Crippen LogP contribution < -0.4 is 15.4 Å². The zero-order valence-corrected chi connectivity index (χ0v) is 24.7. The molecule has 2 aromatic rings. The molecule has 1 atom stereocenters. The first-order valence-electron chi connectivity index (χ1n) is 14.9. The van der Waals surface area contributed by atoms with E-state index in [1.807, 2.05) is 24.3 Å². The van der Waals surface area contributed by atoms with E-state index in [-0.39, 0.29) is 41.8 Å². The maximum absolute atomic E-state index is 13.8. The molecule has 224 valence electrons. The smallest absolute Gasteiger partial charge is 0.303 e. The number of hydrogen-bond donors (Lipinski definition) is 3. The number of nitrogens with one attached hydrogen (secondary N) is 1. The third-order valence-corrected chi connectivity index (χ3v) is 8.39. The lowest BCUT2D eigenvalue weighted by Crippen LogP contribution is -2.31. The lowest BCUT2D eigenvalue weighted by atomic mass is 9.84. The van der Waals surface area contributed by atoms with Gasteiger partial charge in [0, 0.05) is 54.4 Å². The molecule has 0 radical (unpaired) electrons. The Morgan fingerprint density at radius 3 is 2.55 bits per heavy atom. The fourth-order valence-corrected chi connectivity index (χ4v) is 5.76. The largest absolute Gasteiger partial charge is 0.491 e. The molecule has 3 heterocycles. The summed E-state index contributed by atoms with van der Waals surface area (Å²) >= 11 is 0. The van der Waals surface area contributed by atoms with Crippen LogP contribution in [0.4, 0.5) is 5.69 Å². The van der Waals surface area contributed by atoms with Crippen LogP contribution in [0.5, 0.6) is 5.75 Å². The van der Waals surface area contributed by atoms with Gasteiger partial charge in [0.25, 0.3) is 0 Å². The molecule has 1 aromatic carbocycles. The van der Waals surface area contributed by atoms with E-state index in [9.17, 15) is 14.4 Å². The summed E-state index contributed by atoms with van der Waals surface area (Å²) in [7, 11) is 0. The van der Waals surface area contributed by atoms with Crippen molar-refractivity contribution in [1.29, 1.82) is 5.41 Å². The van der Waals surface area contributed by atoms with Gasteiger partial charge in [-0.05, 0) is 55.7 Å². The molecular formula is C32H41N5O5. The Hall–Kier alpha value is -3.95. The molecule has 1 amide bonds. The number of pyridine rings is 1. The molecule has 3 aliphatic rings. The molecule has 5 rings (SSSR count). The molecule has 4 N–H and O–H groups in total. The first kappa shape index (κ1) is 29.5. The summed E-state index contributed by atoms with van der Waals surface area (Å²) in [6.07, 6.45) is 4.05. The van der Waals surface area contributed by atoms with Crippen LogP contribution in [0, 0.1) is 11.3 Å². The van der Waals surface area contributed by atoms with E-state index < -0.39 is 5.97 Å². The number of amides is 1. The van der Waals surface area contributed by atoms with Gasteiger partial charge in [-0.1, -0.05) is 26.8 Å². The zero-order valence-electron chi connectivity index (χ0n) is 24.7. The summed E-state index contributed by atoms with van der Waals surface area (Å²) in [5, 5.41) is 17.7. The second-order valence-electron chi connectivity index (χ2n) is 12.8.